The molecule has 0 radical (unpaired) electrons. The van der Waals surface area contributed by atoms with E-state index in [1.165, 1.54) is 5.56 Å². The molecule has 3 N–H and O–H groups in total. The third-order valence-corrected chi connectivity index (χ3v) is 6.60. The first-order chi connectivity index (χ1) is 18.1. The van der Waals surface area contributed by atoms with Gasteiger partial charge in [0, 0.05) is 61.4 Å². The number of rotatable bonds is 7. The van der Waals surface area contributed by atoms with E-state index in [0.29, 0.717) is 5.82 Å². The summed E-state index contributed by atoms with van der Waals surface area (Å²) in [5, 5.41) is 17.0. The molecule has 4 aromatic rings. The molecule has 38 heavy (non-hydrogen) atoms. The Balaban J connectivity index is 1.41. The highest BCUT2D eigenvalue weighted by atomic mass is 16.3. The van der Waals surface area contributed by atoms with Crippen LogP contribution in [0.1, 0.15) is 33.3 Å². The molecular weight excluding hydrogens is 472 g/mol. The lowest BCUT2D eigenvalue weighted by Crippen LogP contribution is -2.56. The fraction of sp³-hybridized carbons (Fsp3) is 0.323. The van der Waals surface area contributed by atoms with Crippen molar-refractivity contribution in [2.75, 3.05) is 25.0 Å². The molecule has 3 aromatic heterocycles. The Labute approximate surface area is 225 Å². The Kier molecular flexibility index (Phi) is 7.25. The summed E-state index contributed by atoms with van der Waals surface area (Å²) in [7, 11) is 0. The van der Waals surface area contributed by atoms with Crippen LogP contribution in [-0.4, -0.2) is 55.9 Å². The molecule has 1 aromatic carbocycles. The Morgan fingerprint density at radius 1 is 0.947 bits per heavy atom. The molecule has 7 heteroatoms. The summed E-state index contributed by atoms with van der Waals surface area (Å²) in [5.41, 5.74) is 5.91. The summed E-state index contributed by atoms with van der Waals surface area (Å²) >= 11 is 0. The van der Waals surface area contributed by atoms with Crippen LogP contribution in [0, 0.1) is 0 Å². The Morgan fingerprint density at radius 2 is 1.71 bits per heavy atom. The molecule has 4 heterocycles. The maximum absolute atomic E-state index is 10.4. The van der Waals surface area contributed by atoms with Crippen molar-refractivity contribution < 1.29 is 5.11 Å². The van der Waals surface area contributed by atoms with Gasteiger partial charge in [-0.2, -0.15) is 0 Å². The van der Waals surface area contributed by atoms with E-state index in [1.807, 2.05) is 42.7 Å². The quantitative estimate of drug-likeness (QED) is 0.296. The van der Waals surface area contributed by atoms with Crippen molar-refractivity contribution in [1.29, 1.82) is 0 Å². The molecule has 0 saturated carbocycles. The summed E-state index contributed by atoms with van der Waals surface area (Å²) in [6, 6.07) is 20.6. The lowest BCUT2D eigenvalue weighted by atomic mass is 9.99. The minimum atomic E-state index is -1.12. The van der Waals surface area contributed by atoms with Crippen molar-refractivity contribution in [3.05, 3.63) is 84.8 Å². The monoisotopic (exact) mass is 508 g/mol. The molecule has 0 aliphatic carbocycles. The predicted molar refractivity (Wildman–Crippen MR) is 153 cm³/mol. The topological polar surface area (TPSA) is 86.2 Å². The number of piperazine rings is 1. The lowest BCUT2D eigenvalue weighted by Gasteiger charge is -2.39. The smallest absolute Gasteiger partial charge is 0.130 e. The largest absolute Gasteiger partial charge is 0.372 e. The molecule has 1 fully saturated rings. The van der Waals surface area contributed by atoms with Crippen molar-refractivity contribution >= 4 is 5.82 Å². The number of aliphatic hydroxyl groups is 1. The minimum Gasteiger partial charge on any atom is -0.372 e. The van der Waals surface area contributed by atoms with E-state index in [9.17, 15) is 5.11 Å². The molecule has 0 amide bonds. The van der Waals surface area contributed by atoms with Gasteiger partial charge in [-0.1, -0.05) is 30.3 Å². The van der Waals surface area contributed by atoms with Gasteiger partial charge in [0.1, 0.15) is 11.5 Å². The summed E-state index contributed by atoms with van der Waals surface area (Å²) in [6.45, 7) is 12.0. The van der Waals surface area contributed by atoms with Crippen molar-refractivity contribution in [2.45, 2.75) is 45.5 Å². The van der Waals surface area contributed by atoms with Crippen LogP contribution in [0.5, 0.6) is 0 Å². The van der Waals surface area contributed by atoms with Gasteiger partial charge in [0.15, 0.2) is 0 Å². The van der Waals surface area contributed by atoms with E-state index >= 15 is 0 Å². The second-order valence-electron chi connectivity index (χ2n) is 11.2. The number of nitrogens with zero attached hydrogens (tertiary/aromatic N) is 4. The highest BCUT2D eigenvalue weighted by Gasteiger charge is 2.25. The van der Waals surface area contributed by atoms with Crippen molar-refractivity contribution in [3.63, 3.8) is 0 Å². The average Bonchev–Trinajstić information content (AvgIpc) is 2.88. The van der Waals surface area contributed by atoms with E-state index in [1.54, 1.807) is 20.0 Å². The molecule has 7 nitrogen and oxygen atoms in total. The van der Waals surface area contributed by atoms with Gasteiger partial charge in [-0.05, 0) is 74.7 Å². The summed E-state index contributed by atoms with van der Waals surface area (Å²) in [6.07, 6.45) is 5.51. The molecule has 1 aliphatic heterocycles. The third-order valence-electron chi connectivity index (χ3n) is 6.60. The number of aromatic nitrogens is 3. The van der Waals surface area contributed by atoms with Gasteiger partial charge in [-0.25, -0.2) is 4.98 Å². The number of anilines is 1. The van der Waals surface area contributed by atoms with Gasteiger partial charge < -0.3 is 15.7 Å². The van der Waals surface area contributed by atoms with Crippen LogP contribution in [0.15, 0.2) is 79.3 Å². The van der Waals surface area contributed by atoms with Gasteiger partial charge >= 0.3 is 0 Å². The zero-order valence-corrected chi connectivity index (χ0v) is 22.6. The molecule has 196 valence electrons. The minimum absolute atomic E-state index is 0.149. The van der Waals surface area contributed by atoms with E-state index < -0.39 is 5.72 Å². The van der Waals surface area contributed by atoms with Crippen LogP contribution < -0.4 is 10.6 Å². The molecule has 0 bridgehead atoms. The van der Waals surface area contributed by atoms with E-state index in [0.717, 1.165) is 59.8 Å². The summed E-state index contributed by atoms with van der Waals surface area (Å²) in [4.78, 5) is 16.2. The predicted octanol–water partition coefficient (Wildman–Crippen LogP) is 5.20. The van der Waals surface area contributed by atoms with Gasteiger partial charge in [-0.3, -0.25) is 14.9 Å². The molecule has 0 atom stereocenters. The highest BCUT2D eigenvalue weighted by molar-refractivity contribution is 5.76. The van der Waals surface area contributed by atoms with Crippen LogP contribution in [0.2, 0.25) is 0 Å². The first-order valence-corrected chi connectivity index (χ1v) is 13.1. The number of nitrogens with one attached hydrogen (secondary N) is 2. The van der Waals surface area contributed by atoms with Crippen molar-refractivity contribution in [2.24, 2.45) is 0 Å². The number of pyridine rings is 3. The molecule has 5 rings (SSSR count). The maximum atomic E-state index is 10.4. The molecule has 0 unspecified atom stereocenters. The van der Waals surface area contributed by atoms with Gasteiger partial charge in [-0.15, -0.1) is 0 Å². The van der Waals surface area contributed by atoms with Crippen LogP contribution in [0.25, 0.3) is 33.6 Å². The Bertz CT molecular complexity index is 1380. The van der Waals surface area contributed by atoms with Crippen molar-refractivity contribution in [1.82, 2.24) is 25.2 Å². The van der Waals surface area contributed by atoms with Crippen LogP contribution >= 0.6 is 0 Å². The highest BCUT2D eigenvalue weighted by Crippen LogP contribution is 2.30. The molecular formula is C31H36N6O. The first kappa shape index (κ1) is 26.0. The number of benzene rings is 1. The molecule has 0 spiro atoms. The van der Waals surface area contributed by atoms with Crippen molar-refractivity contribution in [3.8, 4) is 33.6 Å². The Hall–Kier alpha value is -3.65. The Morgan fingerprint density at radius 3 is 2.39 bits per heavy atom. The van der Waals surface area contributed by atoms with E-state index in [4.69, 9.17) is 4.98 Å². The van der Waals surface area contributed by atoms with Gasteiger partial charge in [0.05, 0.1) is 11.4 Å². The zero-order valence-electron chi connectivity index (χ0n) is 22.6. The van der Waals surface area contributed by atoms with Gasteiger partial charge in [0.25, 0.3) is 0 Å². The van der Waals surface area contributed by atoms with E-state index in [-0.39, 0.29) is 5.54 Å². The second-order valence-corrected chi connectivity index (χ2v) is 11.2. The van der Waals surface area contributed by atoms with Gasteiger partial charge in [0.2, 0.25) is 0 Å². The van der Waals surface area contributed by atoms with Crippen LogP contribution in [0.3, 0.4) is 0 Å². The van der Waals surface area contributed by atoms with E-state index in [2.05, 4.69) is 69.7 Å². The molecule has 1 aliphatic rings. The normalized spacial score (nSPS) is 15.8. The van der Waals surface area contributed by atoms with Crippen LogP contribution in [-0.2, 0) is 6.54 Å². The third kappa shape index (κ3) is 6.61. The lowest BCUT2D eigenvalue weighted by molar-refractivity contribution is 0.111. The SMILES string of the molecule is CC(C)(O)Nc1cc(-c2cncc(-c3ccc(CN4CCNC(C)(C)C4)cc3)c2)cc(-c2ccccn2)n1. The summed E-state index contributed by atoms with van der Waals surface area (Å²) < 4.78 is 0. The van der Waals surface area contributed by atoms with Crippen LogP contribution in [0.4, 0.5) is 5.82 Å². The first-order valence-electron chi connectivity index (χ1n) is 13.1. The fourth-order valence-corrected chi connectivity index (χ4v) is 4.92. The number of hydrogen-bond acceptors (Lipinski definition) is 7. The maximum Gasteiger partial charge on any atom is 0.130 e. The number of hydrogen-bond donors (Lipinski definition) is 3. The molecule has 1 saturated heterocycles. The summed E-state index contributed by atoms with van der Waals surface area (Å²) in [5.74, 6) is 0.571. The standard InChI is InChI=1S/C31H36N6O/c1-30(2)21-37(14-13-34-30)20-22-8-10-23(11-9-22)25-15-26(19-32-18-25)24-16-28(27-7-5-6-12-33-27)35-29(17-24)36-31(3,4)38/h5-12,15-19,34,38H,13-14,20-21H2,1-4H3,(H,35,36). The zero-order chi connectivity index (χ0) is 26.8. The average molecular weight is 509 g/mol. The fourth-order valence-electron chi connectivity index (χ4n) is 4.92. The second kappa shape index (κ2) is 10.6.